The molecule has 3 rings (SSSR count). The molecule has 0 aromatic heterocycles. The average Bonchev–Trinajstić information content (AvgIpc) is 3.05. The van der Waals surface area contributed by atoms with E-state index in [0.717, 1.165) is 50.3 Å². The fourth-order valence-corrected chi connectivity index (χ4v) is 3.56. The Balaban J connectivity index is 1.57. The third kappa shape index (κ3) is 4.64. The van der Waals surface area contributed by atoms with Gasteiger partial charge in [-0.15, -0.1) is 0 Å². The first-order valence-corrected chi connectivity index (χ1v) is 9.45. The minimum atomic E-state index is 0.109. The number of methoxy groups -OCH3 is 1. The van der Waals surface area contributed by atoms with Crippen LogP contribution in [0, 0.1) is 0 Å². The molecule has 0 saturated heterocycles. The summed E-state index contributed by atoms with van der Waals surface area (Å²) in [5.74, 6) is 1.01. The Kier molecular flexibility index (Phi) is 6.29. The predicted molar refractivity (Wildman–Crippen MR) is 106 cm³/mol. The van der Waals surface area contributed by atoms with Crippen molar-refractivity contribution in [3.05, 3.63) is 59.2 Å². The third-order valence-corrected chi connectivity index (χ3v) is 5.00. The molecule has 1 N–H and O–H groups in total. The lowest BCUT2D eigenvalue weighted by Gasteiger charge is -2.22. The maximum absolute atomic E-state index is 11.7. The van der Waals surface area contributed by atoms with Gasteiger partial charge in [0.05, 0.1) is 13.5 Å². The number of nitrogens with zero attached hydrogens (tertiary/aromatic N) is 1. The molecular formula is C22H28N2O2. The second-order valence-corrected chi connectivity index (χ2v) is 6.86. The van der Waals surface area contributed by atoms with Crippen LogP contribution in [0.4, 0.5) is 5.69 Å². The molecule has 138 valence electrons. The fraction of sp³-hybridized carbons (Fsp3) is 0.409. The van der Waals surface area contributed by atoms with Crippen LogP contribution in [0.5, 0.6) is 5.75 Å². The zero-order chi connectivity index (χ0) is 18.4. The van der Waals surface area contributed by atoms with Crippen LogP contribution >= 0.6 is 0 Å². The van der Waals surface area contributed by atoms with Crippen LogP contribution in [0.25, 0.3) is 0 Å². The number of hydrogen-bond donors (Lipinski definition) is 1. The van der Waals surface area contributed by atoms with Crippen LogP contribution in [0.2, 0.25) is 0 Å². The molecule has 0 saturated carbocycles. The quantitative estimate of drug-likeness (QED) is 0.748. The Morgan fingerprint density at radius 2 is 1.81 bits per heavy atom. The highest BCUT2D eigenvalue weighted by Gasteiger charge is 2.20. The van der Waals surface area contributed by atoms with Gasteiger partial charge in [-0.2, -0.15) is 0 Å². The van der Waals surface area contributed by atoms with E-state index in [1.165, 1.54) is 16.7 Å². The molecule has 0 fully saturated rings. The van der Waals surface area contributed by atoms with Gasteiger partial charge in [0.15, 0.2) is 0 Å². The molecule has 1 heterocycles. The van der Waals surface area contributed by atoms with E-state index in [9.17, 15) is 4.79 Å². The van der Waals surface area contributed by atoms with Crippen LogP contribution in [0.3, 0.4) is 0 Å². The monoisotopic (exact) mass is 352 g/mol. The van der Waals surface area contributed by atoms with Crippen LogP contribution in [-0.2, 0) is 24.1 Å². The summed E-state index contributed by atoms with van der Waals surface area (Å²) in [6, 6.07) is 14.5. The molecule has 26 heavy (non-hydrogen) atoms. The first-order chi connectivity index (χ1) is 12.7. The summed E-state index contributed by atoms with van der Waals surface area (Å²) in [5.41, 5.74) is 4.81. The number of anilines is 1. The lowest BCUT2D eigenvalue weighted by molar-refractivity contribution is -0.115. The molecule has 0 aliphatic carbocycles. The van der Waals surface area contributed by atoms with E-state index in [2.05, 4.69) is 35.3 Å². The third-order valence-electron chi connectivity index (χ3n) is 5.00. The van der Waals surface area contributed by atoms with Crippen molar-refractivity contribution in [1.82, 2.24) is 4.90 Å². The number of hydrogen-bond acceptors (Lipinski definition) is 3. The average molecular weight is 352 g/mol. The highest BCUT2D eigenvalue weighted by atomic mass is 16.5. The maximum Gasteiger partial charge on any atom is 0.228 e. The van der Waals surface area contributed by atoms with Gasteiger partial charge < -0.3 is 15.0 Å². The van der Waals surface area contributed by atoms with Gasteiger partial charge in [-0.25, -0.2) is 0 Å². The molecule has 2 aromatic carbocycles. The second-order valence-electron chi connectivity index (χ2n) is 6.86. The Bertz CT molecular complexity index is 740. The molecule has 0 spiro atoms. The number of fused-ring (bicyclic) bond motifs is 1. The first-order valence-electron chi connectivity index (χ1n) is 9.45. The summed E-state index contributed by atoms with van der Waals surface area (Å²) in [6.45, 7) is 5.40. The Morgan fingerprint density at radius 3 is 2.54 bits per heavy atom. The lowest BCUT2D eigenvalue weighted by Crippen LogP contribution is -2.29. The topological polar surface area (TPSA) is 41.6 Å². The van der Waals surface area contributed by atoms with Gasteiger partial charge in [0.25, 0.3) is 0 Å². The molecule has 0 bridgehead atoms. The molecular weight excluding hydrogens is 324 g/mol. The lowest BCUT2D eigenvalue weighted by atomic mass is 10.0. The van der Waals surface area contributed by atoms with Gasteiger partial charge >= 0.3 is 0 Å². The van der Waals surface area contributed by atoms with Gasteiger partial charge in [0.2, 0.25) is 5.91 Å². The van der Waals surface area contributed by atoms with Crippen LogP contribution in [-0.4, -0.2) is 37.6 Å². The molecule has 1 aliphatic rings. The normalized spacial score (nSPS) is 13.0. The van der Waals surface area contributed by atoms with Crippen molar-refractivity contribution in [2.45, 2.75) is 32.6 Å². The van der Waals surface area contributed by atoms with Gasteiger partial charge in [-0.1, -0.05) is 31.2 Å². The Hall–Kier alpha value is -2.33. The predicted octanol–water partition coefficient (Wildman–Crippen LogP) is 3.69. The van der Waals surface area contributed by atoms with Crippen molar-refractivity contribution in [1.29, 1.82) is 0 Å². The first kappa shape index (κ1) is 18.5. The molecule has 0 unspecified atom stereocenters. The Morgan fingerprint density at radius 1 is 1.04 bits per heavy atom. The zero-order valence-electron chi connectivity index (χ0n) is 15.8. The maximum atomic E-state index is 11.7. The molecule has 0 radical (unpaired) electrons. The molecule has 1 amide bonds. The largest absolute Gasteiger partial charge is 0.497 e. The molecule has 0 atom stereocenters. The van der Waals surface area contributed by atoms with Gasteiger partial charge in [0, 0.05) is 18.8 Å². The SMILES string of the molecule is CCCN(CCc1ccc(OC)cc1)CCc1cccc2c1CC(=O)N2. The van der Waals surface area contributed by atoms with Crippen LogP contribution in [0.1, 0.15) is 30.0 Å². The highest BCUT2D eigenvalue weighted by molar-refractivity contribution is 5.99. The summed E-state index contributed by atoms with van der Waals surface area (Å²) in [5, 5.41) is 2.94. The number of nitrogens with one attached hydrogen (secondary N) is 1. The van der Waals surface area contributed by atoms with Crippen molar-refractivity contribution in [2.75, 3.05) is 32.1 Å². The summed E-state index contributed by atoms with van der Waals surface area (Å²) >= 11 is 0. The van der Waals surface area contributed by atoms with E-state index >= 15 is 0 Å². The number of carbonyl (C=O) groups is 1. The van der Waals surface area contributed by atoms with E-state index in [4.69, 9.17) is 4.74 Å². The molecule has 1 aliphatic heterocycles. The van der Waals surface area contributed by atoms with Crippen LogP contribution in [0.15, 0.2) is 42.5 Å². The molecule has 4 nitrogen and oxygen atoms in total. The smallest absolute Gasteiger partial charge is 0.228 e. The number of amides is 1. The van der Waals surface area contributed by atoms with Crippen molar-refractivity contribution >= 4 is 11.6 Å². The van der Waals surface area contributed by atoms with Crippen molar-refractivity contribution in [3.63, 3.8) is 0 Å². The number of carbonyl (C=O) groups excluding carboxylic acids is 1. The van der Waals surface area contributed by atoms with E-state index in [1.54, 1.807) is 7.11 Å². The van der Waals surface area contributed by atoms with Gasteiger partial charge in [0.1, 0.15) is 5.75 Å². The molecule has 2 aromatic rings. The minimum absolute atomic E-state index is 0.109. The zero-order valence-corrected chi connectivity index (χ0v) is 15.8. The van der Waals surface area contributed by atoms with Crippen LogP contribution < -0.4 is 10.1 Å². The number of rotatable bonds is 9. The Labute approximate surface area is 156 Å². The van der Waals surface area contributed by atoms with E-state index in [0.29, 0.717) is 6.42 Å². The van der Waals surface area contributed by atoms with E-state index < -0.39 is 0 Å². The summed E-state index contributed by atoms with van der Waals surface area (Å²) < 4.78 is 5.23. The number of ether oxygens (including phenoxy) is 1. The summed E-state index contributed by atoms with van der Waals surface area (Å²) in [7, 11) is 1.70. The van der Waals surface area contributed by atoms with Gasteiger partial charge in [-0.3, -0.25) is 4.79 Å². The van der Waals surface area contributed by atoms with Crippen molar-refractivity contribution < 1.29 is 9.53 Å². The van der Waals surface area contributed by atoms with Crippen molar-refractivity contribution in [3.8, 4) is 5.75 Å². The summed E-state index contributed by atoms with van der Waals surface area (Å²) in [4.78, 5) is 14.2. The summed E-state index contributed by atoms with van der Waals surface area (Å²) in [6.07, 6.45) is 3.69. The van der Waals surface area contributed by atoms with Crippen molar-refractivity contribution in [2.24, 2.45) is 0 Å². The second kappa shape index (κ2) is 8.86. The number of benzene rings is 2. The minimum Gasteiger partial charge on any atom is -0.497 e. The fourth-order valence-electron chi connectivity index (χ4n) is 3.56. The standard InChI is InChI=1S/C22H28N2O2/c1-3-13-24(14-11-17-7-9-19(26-2)10-8-17)15-12-18-5-4-6-21-20(18)16-22(25)23-21/h4-10H,3,11-16H2,1-2H3,(H,23,25). The van der Waals surface area contributed by atoms with E-state index in [-0.39, 0.29) is 5.91 Å². The van der Waals surface area contributed by atoms with Gasteiger partial charge in [-0.05, 0) is 60.7 Å². The highest BCUT2D eigenvalue weighted by Crippen LogP contribution is 2.26. The van der Waals surface area contributed by atoms with E-state index in [1.807, 2.05) is 24.3 Å². The molecule has 4 heteroatoms.